The minimum absolute atomic E-state index is 0.143. The molecule has 1 aliphatic heterocycles. The van der Waals surface area contributed by atoms with Crippen LogP contribution in [0.4, 0.5) is 17.3 Å². The van der Waals surface area contributed by atoms with E-state index in [4.69, 9.17) is 23.2 Å². The Morgan fingerprint density at radius 3 is 2.78 bits per heavy atom. The summed E-state index contributed by atoms with van der Waals surface area (Å²) in [5.74, 6) is -0.0443. The van der Waals surface area contributed by atoms with E-state index in [1.165, 1.54) is 0 Å². The Morgan fingerprint density at radius 2 is 2.04 bits per heavy atom. The minimum atomic E-state index is -0.566. The number of aromatic nitrogens is 3. The molecule has 1 aliphatic rings. The minimum Gasteiger partial charge on any atom is -0.358 e. The first-order valence-electron chi connectivity index (χ1n) is 7.96. The lowest BCUT2D eigenvalue weighted by molar-refractivity contribution is -0.391. The van der Waals surface area contributed by atoms with Crippen molar-refractivity contribution < 1.29 is 9.72 Å². The number of nitrogens with one attached hydrogen (secondary N) is 1. The van der Waals surface area contributed by atoms with E-state index in [0.29, 0.717) is 40.2 Å². The number of nitrogens with zero attached hydrogens (tertiary/aromatic N) is 5. The number of halogens is 2. The van der Waals surface area contributed by atoms with Gasteiger partial charge in [0.2, 0.25) is 11.6 Å². The van der Waals surface area contributed by atoms with Gasteiger partial charge in [0.05, 0.1) is 10.0 Å². The normalized spacial score (nSPS) is 16.9. The number of imidazole rings is 1. The smallest absolute Gasteiger partial charge is 0.358 e. The lowest BCUT2D eigenvalue weighted by Gasteiger charge is -2.17. The second kappa shape index (κ2) is 6.67. The summed E-state index contributed by atoms with van der Waals surface area (Å²) in [6, 6.07) is 7.73. The van der Waals surface area contributed by atoms with Crippen molar-refractivity contribution in [2.24, 2.45) is 0 Å². The van der Waals surface area contributed by atoms with Crippen LogP contribution >= 0.6 is 23.2 Å². The highest BCUT2D eigenvalue weighted by Crippen LogP contribution is 2.30. The van der Waals surface area contributed by atoms with Crippen molar-refractivity contribution in [2.75, 3.05) is 16.8 Å². The van der Waals surface area contributed by atoms with Crippen LogP contribution in [0, 0.1) is 10.1 Å². The molecule has 1 fully saturated rings. The number of carbonyl (C=O) groups is 1. The number of hydrogen-bond donors (Lipinski definition) is 1. The third kappa shape index (κ3) is 3.15. The molecule has 1 aromatic carbocycles. The zero-order valence-corrected chi connectivity index (χ0v) is 15.2. The Kier molecular flexibility index (Phi) is 4.33. The second-order valence-corrected chi connectivity index (χ2v) is 6.75. The lowest BCUT2D eigenvalue weighted by Crippen LogP contribution is -2.33. The van der Waals surface area contributed by atoms with Crippen molar-refractivity contribution in [3.63, 3.8) is 0 Å². The standard InChI is InChI=1S/C16H12Cl2N6O3/c17-10-2-1-9(7-11(10)18)22-6-5-12(16(22)25)20-13-3-4-14-19-8-15(24(26)27)23(14)21-13/h1-4,7-8,12H,5-6H2,(H,20,21). The summed E-state index contributed by atoms with van der Waals surface area (Å²) in [6.45, 7) is 0.502. The number of anilines is 2. The molecule has 0 bridgehead atoms. The highest BCUT2D eigenvalue weighted by molar-refractivity contribution is 6.42. The Labute approximate surface area is 162 Å². The summed E-state index contributed by atoms with van der Waals surface area (Å²) < 4.78 is 1.12. The quantitative estimate of drug-likeness (QED) is 0.526. The van der Waals surface area contributed by atoms with E-state index in [0.717, 1.165) is 10.7 Å². The fourth-order valence-corrected chi connectivity index (χ4v) is 3.26. The number of fused-ring (bicyclic) bond motifs is 1. The molecule has 1 amide bonds. The molecule has 9 nitrogen and oxygen atoms in total. The molecular weight excluding hydrogens is 395 g/mol. The maximum absolute atomic E-state index is 12.7. The Bertz CT molecular complexity index is 1070. The summed E-state index contributed by atoms with van der Waals surface area (Å²) in [7, 11) is 0. The summed E-state index contributed by atoms with van der Waals surface area (Å²) >= 11 is 12.0. The molecule has 1 saturated heterocycles. The lowest BCUT2D eigenvalue weighted by atomic mass is 10.2. The number of rotatable bonds is 4. The van der Waals surface area contributed by atoms with E-state index in [9.17, 15) is 14.9 Å². The number of amides is 1. The molecule has 2 aromatic heterocycles. The van der Waals surface area contributed by atoms with Crippen molar-refractivity contribution in [2.45, 2.75) is 12.5 Å². The molecule has 1 unspecified atom stereocenters. The van der Waals surface area contributed by atoms with Gasteiger partial charge < -0.3 is 20.3 Å². The van der Waals surface area contributed by atoms with Gasteiger partial charge >= 0.3 is 5.82 Å². The van der Waals surface area contributed by atoms with Crippen molar-refractivity contribution >= 4 is 52.1 Å². The van der Waals surface area contributed by atoms with Gasteiger partial charge in [-0.25, -0.2) is 4.98 Å². The van der Waals surface area contributed by atoms with Crippen molar-refractivity contribution in [1.29, 1.82) is 0 Å². The first kappa shape index (κ1) is 17.5. The summed E-state index contributed by atoms with van der Waals surface area (Å²) in [6.07, 6.45) is 1.68. The molecule has 0 saturated carbocycles. The predicted octanol–water partition coefficient (Wildman–Crippen LogP) is 3.16. The van der Waals surface area contributed by atoms with Gasteiger partial charge in [0.1, 0.15) is 12.2 Å². The van der Waals surface area contributed by atoms with E-state index >= 15 is 0 Å². The average Bonchev–Trinajstić information content (AvgIpc) is 3.21. The summed E-state index contributed by atoms with van der Waals surface area (Å²) in [5, 5.41) is 19.0. The van der Waals surface area contributed by atoms with Gasteiger partial charge in [-0.15, -0.1) is 0 Å². The molecule has 138 valence electrons. The molecule has 1 N–H and O–H groups in total. The molecule has 3 aromatic rings. The average molecular weight is 407 g/mol. The van der Waals surface area contributed by atoms with Gasteiger partial charge in [-0.05, 0) is 35.6 Å². The summed E-state index contributed by atoms with van der Waals surface area (Å²) in [5.41, 5.74) is 1.01. The monoisotopic (exact) mass is 406 g/mol. The van der Waals surface area contributed by atoms with Crippen LogP contribution < -0.4 is 10.2 Å². The van der Waals surface area contributed by atoms with Crippen LogP contribution in [0.3, 0.4) is 0 Å². The van der Waals surface area contributed by atoms with Gasteiger partial charge in [-0.2, -0.15) is 0 Å². The molecule has 0 radical (unpaired) electrons. The molecule has 0 aliphatic carbocycles. The third-order valence-electron chi connectivity index (χ3n) is 4.27. The van der Waals surface area contributed by atoms with Crippen LogP contribution in [0.5, 0.6) is 0 Å². The molecule has 11 heteroatoms. The molecule has 4 rings (SSSR count). The van der Waals surface area contributed by atoms with Crippen LogP contribution in [0.1, 0.15) is 6.42 Å². The molecule has 27 heavy (non-hydrogen) atoms. The predicted molar refractivity (Wildman–Crippen MR) is 100 cm³/mol. The Hall–Kier alpha value is -2.91. The molecular formula is C16H12Cl2N6O3. The van der Waals surface area contributed by atoms with Gasteiger partial charge in [0, 0.05) is 18.3 Å². The summed E-state index contributed by atoms with van der Waals surface area (Å²) in [4.78, 5) is 28.7. The van der Waals surface area contributed by atoms with Gasteiger partial charge in [0.15, 0.2) is 5.82 Å². The number of hydrogen-bond acceptors (Lipinski definition) is 6. The zero-order valence-electron chi connectivity index (χ0n) is 13.7. The van der Waals surface area contributed by atoms with E-state index in [2.05, 4.69) is 15.4 Å². The second-order valence-electron chi connectivity index (χ2n) is 5.94. The number of nitro groups is 1. The Morgan fingerprint density at radius 1 is 1.22 bits per heavy atom. The highest BCUT2D eigenvalue weighted by Gasteiger charge is 2.33. The highest BCUT2D eigenvalue weighted by atomic mass is 35.5. The van der Waals surface area contributed by atoms with Crippen LogP contribution in [0.15, 0.2) is 36.5 Å². The number of benzene rings is 1. The molecule has 3 heterocycles. The van der Waals surface area contributed by atoms with Gasteiger partial charge in [0.25, 0.3) is 0 Å². The maximum Gasteiger partial charge on any atom is 0.368 e. The van der Waals surface area contributed by atoms with Gasteiger partial charge in [-0.3, -0.25) is 4.79 Å². The largest absolute Gasteiger partial charge is 0.368 e. The SMILES string of the molecule is O=C1C(Nc2ccc3ncc([N+](=O)[O-])n3n2)CCN1c1ccc(Cl)c(Cl)c1. The molecule has 1 atom stereocenters. The third-order valence-corrected chi connectivity index (χ3v) is 5.01. The fourth-order valence-electron chi connectivity index (χ4n) is 2.96. The first-order chi connectivity index (χ1) is 12.9. The van der Waals surface area contributed by atoms with Crippen LogP contribution in [0.25, 0.3) is 5.65 Å². The fraction of sp³-hybridized carbons (Fsp3) is 0.188. The van der Waals surface area contributed by atoms with Crippen molar-refractivity contribution in [1.82, 2.24) is 14.6 Å². The van der Waals surface area contributed by atoms with E-state index in [1.807, 2.05) is 0 Å². The van der Waals surface area contributed by atoms with E-state index < -0.39 is 11.0 Å². The Balaban J connectivity index is 1.56. The van der Waals surface area contributed by atoms with Crippen LogP contribution in [-0.4, -0.2) is 38.0 Å². The van der Waals surface area contributed by atoms with Crippen LogP contribution in [-0.2, 0) is 4.79 Å². The maximum atomic E-state index is 12.7. The first-order valence-corrected chi connectivity index (χ1v) is 8.72. The molecule has 0 spiro atoms. The zero-order chi connectivity index (χ0) is 19.1. The number of carbonyl (C=O) groups excluding carboxylic acids is 1. The van der Waals surface area contributed by atoms with Gasteiger partial charge in [-0.1, -0.05) is 32.8 Å². The van der Waals surface area contributed by atoms with E-state index in [1.54, 1.807) is 35.2 Å². The van der Waals surface area contributed by atoms with Crippen molar-refractivity contribution in [3.05, 3.63) is 56.7 Å². The topological polar surface area (TPSA) is 106 Å². The van der Waals surface area contributed by atoms with E-state index in [-0.39, 0.29) is 11.7 Å². The van der Waals surface area contributed by atoms with Crippen LogP contribution in [0.2, 0.25) is 10.0 Å². The van der Waals surface area contributed by atoms with Crippen molar-refractivity contribution in [3.8, 4) is 0 Å².